The van der Waals surface area contributed by atoms with Crippen molar-refractivity contribution < 1.29 is 0 Å². The first-order valence-electron chi connectivity index (χ1n) is 8.41. The molecule has 27 heavy (non-hydrogen) atoms. The highest BCUT2D eigenvalue weighted by atomic mass is 16.1. The largest absolute Gasteiger partial charge is 0.390 e. The standard InChI is InChI=1S/C19H23N7O/c1-12-15(18(27)26(25-12)13-9-7-6-8-10-13)23-24-17(21)14(11-20)16(22-5)19(2,3)4/h6-10,21-22,25H,1-5H3. The van der Waals surface area contributed by atoms with E-state index in [2.05, 4.69) is 20.6 Å². The van der Waals surface area contributed by atoms with Gasteiger partial charge in [0.05, 0.1) is 11.4 Å². The third kappa shape index (κ3) is 4.20. The Kier molecular flexibility index (Phi) is 5.75. The molecule has 0 aliphatic carbocycles. The van der Waals surface area contributed by atoms with E-state index in [1.165, 1.54) is 4.68 Å². The molecule has 0 spiro atoms. The van der Waals surface area contributed by atoms with E-state index in [0.717, 1.165) is 0 Å². The minimum absolute atomic E-state index is 0.0883. The van der Waals surface area contributed by atoms with Crippen molar-refractivity contribution in [1.29, 1.82) is 10.7 Å². The van der Waals surface area contributed by atoms with Crippen LogP contribution < -0.4 is 10.9 Å². The van der Waals surface area contributed by atoms with Crippen LogP contribution in [0.5, 0.6) is 0 Å². The van der Waals surface area contributed by atoms with Crippen LogP contribution in [0.2, 0.25) is 0 Å². The Hall–Kier alpha value is -3.47. The van der Waals surface area contributed by atoms with Gasteiger partial charge >= 0.3 is 0 Å². The number of aromatic nitrogens is 2. The number of nitriles is 1. The van der Waals surface area contributed by atoms with Gasteiger partial charge in [-0.3, -0.25) is 15.3 Å². The maximum Gasteiger partial charge on any atom is 0.299 e. The Morgan fingerprint density at radius 2 is 1.93 bits per heavy atom. The summed E-state index contributed by atoms with van der Waals surface area (Å²) in [5.74, 6) is -0.303. The van der Waals surface area contributed by atoms with Crippen LogP contribution in [0.4, 0.5) is 5.69 Å². The molecule has 0 amide bonds. The van der Waals surface area contributed by atoms with Crippen LogP contribution in [-0.2, 0) is 0 Å². The summed E-state index contributed by atoms with van der Waals surface area (Å²) in [6.07, 6.45) is 0. The lowest BCUT2D eigenvalue weighted by atomic mass is 9.88. The third-order valence-electron chi connectivity index (χ3n) is 3.90. The second-order valence-electron chi connectivity index (χ2n) is 6.97. The summed E-state index contributed by atoms with van der Waals surface area (Å²) in [6.45, 7) is 7.48. The number of benzene rings is 1. The van der Waals surface area contributed by atoms with E-state index in [1.807, 2.05) is 45.0 Å². The number of azo groups is 1. The number of amidine groups is 1. The number of hydrogen-bond donors (Lipinski definition) is 3. The van der Waals surface area contributed by atoms with Crippen LogP contribution in [-0.4, -0.2) is 22.7 Å². The fraction of sp³-hybridized carbons (Fsp3) is 0.316. The zero-order valence-electron chi connectivity index (χ0n) is 16.1. The van der Waals surface area contributed by atoms with Gasteiger partial charge in [-0.2, -0.15) is 5.26 Å². The van der Waals surface area contributed by atoms with Crippen molar-refractivity contribution in [3.63, 3.8) is 0 Å². The second-order valence-corrected chi connectivity index (χ2v) is 6.97. The molecular formula is C19H23N7O. The van der Waals surface area contributed by atoms with E-state index in [1.54, 1.807) is 26.1 Å². The van der Waals surface area contributed by atoms with E-state index in [-0.39, 0.29) is 28.1 Å². The summed E-state index contributed by atoms with van der Waals surface area (Å²) in [7, 11) is 1.69. The Bertz CT molecular complexity index is 995. The quantitative estimate of drug-likeness (QED) is 0.332. The van der Waals surface area contributed by atoms with Crippen LogP contribution in [0.15, 0.2) is 56.6 Å². The van der Waals surface area contributed by atoms with Crippen LogP contribution in [0.3, 0.4) is 0 Å². The van der Waals surface area contributed by atoms with Gasteiger partial charge in [-0.25, -0.2) is 4.68 Å². The Morgan fingerprint density at radius 3 is 2.44 bits per heavy atom. The molecular weight excluding hydrogens is 342 g/mol. The number of aryl methyl sites for hydroxylation is 1. The van der Waals surface area contributed by atoms with Crippen molar-refractivity contribution in [2.24, 2.45) is 15.6 Å². The van der Waals surface area contributed by atoms with Gasteiger partial charge in [0.1, 0.15) is 11.6 Å². The van der Waals surface area contributed by atoms with Gasteiger partial charge in [0.25, 0.3) is 5.56 Å². The van der Waals surface area contributed by atoms with Gasteiger partial charge in [0.2, 0.25) is 0 Å². The molecule has 1 heterocycles. The van der Waals surface area contributed by atoms with Crippen molar-refractivity contribution in [3.05, 3.63) is 57.6 Å². The van der Waals surface area contributed by atoms with Gasteiger partial charge in [0, 0.05) is 18.2 Å². The Morgan fingerprint density at radius 1 is 1.30 bits per heavy atom. The molecule has 8 nitrogen and oxygen atoms in total. The Balaban J connectivity index is 2.43. The molecule has 3 N–H and O–H groups in total. The predicted octanol–water partition coefficient (Wildman–Crippen LogP) is 3.58. The van der Waals surface area contributed by atoms with Crippen molar-refractivity contribution in [1.82, 2.24) is 15.1 Å². The van der Waals surface area contributed by atoms with Crippen LogP contribution >= 0.6 is 0 Å². The van der Waals surface area contributed by atoms with Crippen molar-refractivity contribution in [2.45, 2.75) is 27.7 Å². The molecule has 0 aliphatic heterocycles. The molecule has 0 bridgehead atoms. The molecule has 0 aliphatic rings. The molecule has 0 radical (unpaired) electrons. The molecule has 0 unspecified atom stereocenters. The molecule has 0 saturated carbocycles. The number of aromatic amines is 1. The van der Waals surface area contributed by atoms with Crippen molar-refractivity contribution >= 4 is 11.5 Å². The van der Waals surface area contributed by atoms with Crippen LogP contribution in [0, 0.1) is 29.1 Å². The highest BCUT2D eigenvalue weighted by molar-refractivity contribution is 6.00. The summed E-state index contributed by atoms with van der Waals surface area (Å²) in [5, 5.41) is 31.3. The minimum atomic E-state index is -0.373. The first kappa shape index (κ1) is 19.8. The van der Waals surface area contributed by atoms with E-state index in [9.17, 15) is 10.1 Å². The molecule has 1 aromatic carbocycles. The highest BCUT2D eigenvalue weighted by Gasteiger charge is 2.23. The molecule has 8 heteroatoms. The van der Waals surface area contributed by atoms with E-state index < -0.39 is 0 Å². The van der Waals surface area contributed by atoms with Gasteiger partial charge in [0.15, 0.2) is 11.5 Å². The highest BCUT2D eigenvalue weighted by Crippen LogP contribution is 2.26. The number of nitrogens with one attached hydrogen (secondary N) is 3. The average molecular weight is 365 g/mol. The zero-order chi connectivity index (χ0) is 20.2. The third-order valence-corrected chi connectivity index (χ3v) is 3.90. The summed E-state index contributed by atoms with van der Waals surface area (Å²) in [5.41, 5.74) is 1.22. The average Bonchev–Trinajstić information content (AvgIpc) is 2.91. The molecule has 140 valence electrons. The summed E-state index contributed by atoms with van der Waals surface area (Å²) >= 11 is 0. The maximum atomic E-state index is 12.6. The van der Waals surface area contributed by atoms with E-state index in [0.29, 0.717) is 17.1 Å². The summed E-state index contributed by atoms with van der Waals surface area (Å²) in [4.78, 5) is 12.6. The number of para-hydroxylation sites is 1. The fourth-order valence-electron chi connectivity index (χ4n) is 2.67. The van der Waals surface area contributed by atoms with Crippen LogP contribution in [0.1, 0.15) is 26.5 Å². The number of allylic oxidation sites excluding steroid dienone is 1. The van der Waals surface area contributed by atoms with Crippen molar-refractivity contribution in [3.8, 4) is 11.8 Å². The minimum Gasteiger partial charge on any atom is -0.390 e. The second kappa shape index (κ2) is 7.83. The SMILES string of the molecule is CNC(=C(C#N)C(=N)N=Nc1c(C)[nH]n(-c2ccccc2)c1=O)C(C)(C)C. The lowest BCUT2D eigenvalue weighted by Crippen LogP contribution is -2.24. The van der Waals surface area contributed by atoms with Gasteiger partial charge in [-0.1, -0.05) is 39.0 Å². The molecule has 0 fully saturated rings. The normalized spacial score (nSPS) is 12.6. The summed E-state index contributed by atoms with van der Waals surface area (Å²) in [6, 6.07) is 11.1. The Labute approximate surface area is 157 Å². The van der Waals surface area contributed by atoms with Crippen LogP contribution in [0.25, 0.3) is 5.69 Å². The van der Waals surface area contributed by atoms with E-state index in [4.69, 9.17) is 5.41 Å². The molecule has 0 atom stereocenters. The molecule has 2 rings (SSSR count). The number of hydrogen-bond acceptors (Lipinski definition) is 5. The van der Waals surface area contributed by atoms with Gasteiger partial charge in [-0.15, -0.1) is 10.2 Å². The smallest absolute Gasteiger partial charge is 0.299 e. The monoisotopic (exact) mass is 365 g/mol. The van der Waals surface area contributed by atoms with Gasteiger partial charge in [-0.05, 0) is 19.1 Å². The first-order valence-corrected chi connectivity index (χ1v) is 8.41. The number of rotatable bonds is 4. The molecule has 1 aromatic heterocycles. The van der Waals surface area contributed by atoms with E-state index >= 15 is 0 Å². The van der Waals surface area contributed by atoms with Gasteiger partial charge < -0.3 is 5.32 Å². The zero-order valence-corrected chi connectivity index (χ0v) is 16.1. The summed E-state index contributed by atoms with van der Waals surface area (Å²) < 4.78 is 1.36. The molecule has 2 aromatic rings. The van der Waals surface area contributed by atoms with Crippen molar-refractivity contribution in [2.75, 3.05) is 7.05 Å². The first-order chi connectivity index (χ1) is 12.7. The molecule has 0 saturated heterocycles. The number of nitrogens with zero attached hydrogens (tertiary/aromatic N) is 4. The lowest BCUT2D eigenvalue weighted by Gasteiger charge is -2.23. The topological polar surface area (TPSA) is 122 Å². The number of H-pyrrole nitrogens is 1. The predicted molar refractivity (Wildman–Crippen MR) is 105 cm³/mol. The fourth-order valence-corrected chi connectivity index (χ4v) is 2.67. The maximum absolute atomic E-state index is 12.6. The lowest BCUT2D eigenvalue weighted by molar-refractivity contribution is 0.471.